The Morgan fingerprint density at radius 2 is 1.44 bits per heavy atom. The maximum absolute atomic E-state index is 14.2. The quantitative estimate of drug-likeness (QED) is 0.278. The Morgan fingerprint density at radius 3 is 1.98 bits per heavy atom. The zero-order valence-corrected chi connectivity index (χ0v) is 27.6. The Kier molecular flexibility index (Phi) is 8.99. The lowest BCUT2D eigenvalue weighted by molar-refractivity contribution is -0.139. The van der Waals surface area contributed by atoms with Crippen molar-refractivity contribution in [3.8, 4) is 0 Å². The lowest BCUT2D eigenvalue weighted by Gasteiger charge is -2.57. The predicted molar refractivity (Wildman–Crippen MR) is 178 cm³/mol. The Hall–Kier alpha value is -3.36. The van der Waals surface area contributed by atoms with Crippen molar-refractivity contribution in [2.45, 2.75) is 62.9 Å². The lowest BCUT2D eigenvalue weighted by Crippen LogP contribution is -2.52. The zero-order valence-electron chi connectivity index (χ0n) is 26.0. The van der Waals surface area contributed by atoms with Crippen LogP contribution in [0.4, 0.5) is 5.69 Å². The van der Waals surface area contributed by atoms with Crippen LogP contribution >= 0.6 is 11.6 Å². The molecule has 9 heteroatoms. The molecule has 2 amide bonds. The topological polar surface area (TPSA) is 86.8 Å². The molecule has 1 atom stereocenters. The number of carbonyl (C=O) groups is 2. The van der Waals surface area contributed by atoms with Crippen molar-refractivity contribution in [1.29, 1.82) is 0 Å². The minimum absolute atomic E-state index is 0.115. The van der Waals surface area contributed by atoms with Crippen molar-refractivity contribution in [2.24, 2.45) is 17.8 Å². The molecule has 4 saturated carbocycles. The molecular weight excluding hydrogens is 606 g/mol. The highest BCUT2D eigenvalue weighted by atomic mass is 35.5. The van der Waals surface area contributed by atoms with Gasteiger partial charge in [-0.15, -0.1) is 0 Å². The van der Waals surface area contributed by atoms with Crippen LogP contribution in [0.1, 0.15) is 55.2 Å². The number of nitrogens with one attached hydrogen (secondary N) is 1. The van der Waals surface area contributed by atoms with Crippen LogP contribution < -0.4 is 9.62 Å². The molecule has 4 fully saturated rings. The average molecular weight is 648 g/mol. The summed E-state index contributed by atoms with van der Waals surface area (Å²) in [7, 11) is -2.28. The standard InChI is InChI=1S/C36H42ClN3O4S/c1-38-35(42)33(19-25-6-4-3-5-7-25)39(23-26-8-12-31(37)13-9-26)34(41)24-40(45(2,43)44)32-14-10-30(11-15-32)36-20-27-16-28(21-36)18-29(17-27)22-36/h3-15,27-29,33H,16-24H2,1-2H3,(H,38,42). The van der Waals surface area contributed by atoms with Gasteiger partial charge in [0.15, 0.2) is 0 Å². The summed E-state index contributed by atoms with van der Waals surface area (Å²) in [5.41, 5.74) is 3.59. The van der Waals surface area contributed by atoms with E-state index in [1.165, 1.54) is 49.0 Å². The summed E-state index contributed by atoms with van der Waals surface area (Å²) in [6, 6.07) is 23.6. The van der Waals surface area contributed by atoms with E-state index < -0.39 is 28.5 Å². The number of nitrogens with zero attached hydrogens (tertiary/aromatic N) is 2. The largest absolute Gasteiger partial charge is 0.357 e. The van der Waals surface area contributed by atoms with E-state index in [2.05, 4.69) is 17.4 Å². The zero-order chi connectivity index (χ0) is 31.8. The highest BCUT2D eigenvalue weighted by molar-refractivity contribution is 7.92. The maximum Gasteiger partial charge on any atom is 0.244 e. The molecular formula is C36H42ClN3O4S. The Labute approximate surface area is 272 Å². The van der Waals surface area contributed by atoms with Crippen LogP contribution in [0, 0.1) is 17.8 Å². The molecule has 0 radical (unpaired) electrons. The molecule has 45 heavy (non-hydrogen) atoms. The van der Waals surface area contributed by atoms with E-state index in [0.717, 1.165) is 39.4 Å². The molecule has 4 aliphatic rings. The second-order valence-electron chi connectivity index (χ2n) is 13.5. The highest BCUT2D eigenvalue weighted by Crippen LogP contribution is 2.60. The number of likely N-dealkylation sites (N-methyl/N-ethyl adjacent to an activating group) is 1. The summed E-state index contributed by atoms with van der Waals surface area (Å²) in [5.74, 6) is 1.61. The van der Waals surface area contributed by atoms with Gasteiger partial charge in [0, 0.05) is 25.0 Å². The van der Waals surface area contributed by atoms with Crippen LogP contribution in [0.2, 0.25) is 5.02 Å². The van der Waals surface area contributed by atoms with Gasteiger partial charge in [-0.3, -0.25) is 13.9 Å². The van der Waals surface area contributed by atoms with Crippen molar-refractivity contribution >= 4 is 39.1 Å². The maximum atomic E-state index is 14.2. The van der Waals surface area contributed by atoms with E-state index in [1.54, 1.807) is 19.2 Å². The van der Waals surface area contributed by atoms with Gasteiger partial charge in [-0.2, -0.15) is 0 Å². The van der Waals surface area contributed by atoms with Gasteiger partial charge in [0.2, 0.25) is 21.8 Å². The van der Waals surface area contributed by atoms with Crippen LogP contribution in [0.3, 0.4) is 0 Å². The number of carbonyl (C=O) groups excluding carboxylic acids is 2. The molecule has 4 aliphatic carbocycles. The first kappa shape index (κ1) is 31.6. The third kappa shape index (κ3) is 6.92. The first-order chi connectivity index (χ1) is 21.5. The molecule has 7 nitrogen and oxygen atoms in total. The van der Waals surface area contributed by atoms with E-state index in [9.17, 15) is 18.0 Å². The number of halogens is 1. The number of hydrogen-bond donors (Lipinski definition) is 1. The molecule has 1 N–H and O–H groups in total. The minimum atomic E-state index is -3.83. The third-order valence-electron chi connectivity index (χ3n) is 10.3. The van der Waals surface area contributed by atoms with E-state index >= 15 is 0 Å². The number of anilines is 1. The normalized spacial score (nSPS) is 24.2. The number of benzene rings is 3. The minimum Gasteiger partial charge on any atom is -0.357 e. The Morgan fingerprint density at radius 1 is 0.867 bits per heavy atom. The van der Waals surface area contributed by atoms with Crippen molar-refractivity contribution in [3.63, 3.8) is 0 Å². The van der Waals surface area contributed by atoms with Crippen molar-refractivity contribution < 1.29 is 18.0 Å². The van der Waals surface area contributed by atoms with Crippen LogP contribution in [-0.4, -0.2) is 51.0 Å². The first-order valence-electron chi connectivity index (χ1n) is 15.9. The molecule has 7 rings (SSSR count). The number of rotatable bonds is 11. The molecule has 0 saturated heterocycles. The van der Waals surface area contributed by atoms with Crippen LogP contribution in [0.15, 0.2) is 78.9 Å². The predicted octanol–water partition coefficient (Wildman–Crippen LogP) is 5.96. The summed E-state index contributed by atoms with van der Waals surface area (Å²) >= 11 is 6.12. The Bertz CT molecular complexity index is 1590. The fraction of sp³-hybridized carbons (Fsp3) is 0.444. The second kappa shape index (κ2) is 12.8. The average Bonchev–Trinajstić information content (AvgIpc) is 3.01. The Balaban J connectivity index is 1.29. The number of hydrogen-bond acceptors (Lipinski definition) is 4. The van der Waals surface area contributed by atoms with Crippen molar-refractivity contribution in [3.05, 3.63) is 101 Å². The number of sulfonamides is 1. The van der Waals surface area contributed by atoms with Gasteiger partial charge < -0.3 is 10.2 Å². The smallest absolute Gasteiger partial charge is 0.244 e. The van der Waals surface area contributed by atoms with Gasteiger partial charge >= 0.3 is 0 Å². The summed E-state index contributed by atoms with van der Waals surface area (Å²) in [4.78, 5) is 29.0. The summed E-state index contributed by atoms with van der Waals surface area (Å²) in [6.45, 7) is -0.311. The molecule has 0 aliphatic heterocycles. The second-order valence-corrected chi connectivity index (χ2v) is 15.8. The summed E-state index contributed by atoms with van der Waals surface area (Å²) in [6.07, 6.45) is 9.12. The third-order valence-corrected chi connectivity index (χ3v) is 11.7. The van der Waals surface area contributed by atoms with E-state index in [1.807, 2.05) is 54.6 Å². The van der Waals surface area contributed by atoms with Gasteiger partial charge in [0.1, 0.15) is 12.6 Å². The summed E-state index contributed by atoms with van der Waals surface area (Å²) in [5, 5.41) is 3.26. The van der Waals surface area contributed by atoms with Gasteiger partial charge in [0.05, 0.1) is 11.9 Å². The van der Waals surface area contributed by atoms with E-state index in [-0.39, 0.29) is 24.3 Å². The number of amides is 2. The molecule has 238 valence electrons. The summed E-state index contributed by atoms with van der Waals surface area (Å²) < 4.78 is 27.6. The molecule has 0 aromatic heterocycles. The van der Waals surface area contributed by atoms with Gasteiger partial charge in [-0.1, -0.05) is 66.2 Å². The molecule has 3 aromatic carbocycles. The van der Waals surface area contributed by atoms with Crippen molar-refractivity contribution in [1.82, 2.24) is 10.2 Å². The molecule has 0 heterocycles. The molecule has 0 spiro atoms. The van der Waals surface area contributed by atoms with E-state index in [4.69, 9.17) is 11.6 Å². The van der Waals surface area contributed by atoms with Crippen molar-refractivity contribution in [2.75, 3.05) is 24.2 Å². The lowest BCUT2D eigenvalue weighted by atomic mass is 9.48. The highest BCUT2D eigenvalue weighted by Gasteiger charge is 2.51. The van der Waals surface area contributed by atoms with Gasteiger partial charge in [-0.05, 0) is 103 Å². The first-order valence-corrected chi connectivity index (χ1v) is 18.1. The van der Waals surface area contributed by atoms with Crippen LogP contribution in [0.25, 0.3) is 0 Å². The molecule has 4 bridgehead atoms. The van der Waals surface area contributed by atoms with E-state index in [0.29, 0.717) is 10.7 Å². The fourth-order valence-corrected chi connectivity index (χ4v) is 9.54. The fourth-order valence-electron chi connectivity index (χ4n) is 8.57. The SMILES string of the molecule is CNC(=O)C(Cc1ccccc1)N(Cc1ccc(Cl)cc1)C(=O)CN(c1ccc(C23CC4CC(CC(C4)C2)C3)cc1)S(C)(=O)=O. The molecule has 1 unspecified atom stereocenters. The monoisotopic (exact) mass is 647 g/mol. The van der Waals surface area contributed by atoms with Gasteiger partial charge in [0.25, 0.3) is 0 Å². The molecule has 3 aromatic rings. The van der Waals surface area contributed by atoms with Gasteiger partial charge in [-0.25, -0.2) is 8.42 Å². The van der Waals surface area contributed by atoms with Crippen LogP contribution in [-0.2, 0) is 38.0 Å². The van der Waals surface area contributed by atoms with Crippen LogP contribution in [0.5, 0.6) is 0 Å².